The second-order valence-electron chi connectivity index (χ2n) is 7.66. The van der Waals surface area contributed by atoms with Crippen LogP contribution in [0.25, 0.3) is 17.0 Å². The first-order valence-corrected chi connectivity index (χ1v) is 10.2. The average molecular weight is 426 g/mol. The van der Waals surface area contributed by atoms with Crippen molar-refractivity contribution in [3.8, 4) is 11.5 Å². The third-order valence-electron chi connectivity index (χ3n) is 5.73. The number of nitrogens with zero attached hydrogens (tertiary/aromatic N) is 7. The van der Waals surface area contributed by atoms with Gasteiger partial charge >= 0.3 is 11.8 Å². The first-order valence-electron chi connectivity index (χ1n) is 10.2. The number of hydrogen-bond acceptors (Lipinski definition) is 7. The SMILES string of the molecule is Cc1cccn2nc(C3c4nc[nH]c4CCN3C(=O)c3nnc(-c4ccncc4)o3)cc12. The Balaban J connectivity index is 1.41. The number of aryl methyl sites for hydroxylation is 1. The largest absolute Gasteiger partial charge is 0.412 e. The predicted octanol–water partition coefficient (Wildman–Crippen LogP) is 2.60. The number of H-pyrrole nitrogens is 1. The van der Waals surface area contributed by atoms with E-state index in [-0.39, 0.29) is 17.7 Å². The van der Waals surface area contributed by atoms with Crippen molar-refractivity contribution in [2.24, 2.45) is 0 Å². The molecule has 0 saturated heterocycles. The molecule has 1 aliphatic heterocycles. The second-order valence-corrected chi connectivity index (χ2v) is 7.66. The van der Waals surface area contributed by atoms with Gasteiger partial charge in [0.1, 0.15) is 6.04 Å². The zero-order valence-corrected chi connectivity index (χ0v) is 17.1. The van der Waals surface area contributed by atoms with E-state index in [1.165, 1.54) is 0 Å². The highest BCUT2D eigenvalue weighted by molar-refractivity contribution is 5.90. The Labute approximate surface area is 181 Å². The van der Waals surface area contributed by atoms with E-state index in [1.54, 1.807) is 35.8 Å². The summed E-state index contributed by atoms with van der Waals surface area (Å²) in [5.74, 6) is -0.154. The Morgan fingerprint density at radius 1 is 1.22 bits per heavy atom. The van der Waals surface area contributed by atoms with E-state index < -0.39 is 6.04 Å². The molecule has 1 aliphatic rings. The molecule has 1 amide bonds. The molecule has 0 aromatic carbocycles. The van der Waals surface area contributed by atoms with Crippen molar-refractivity contribution < 1.29 is 9.21 Å². The van der Waals surface area contributed by atoms with Crippen molar-refractivity contribution in [3.63, 3.8) is 0 Å². The van der Waals surface area contributed by atoms with E-state index in [0.717, 1.165) is 28.2 Å². The Hall–Kier alpha value is -4.34. The van der Waals surface area contributed by atoms with Crippen LogP contribution in [0, 0.1) is 6.92 Å². The summed E-state index contributed by atoms with van der Waals surface area (Å²) in [6, 6.07) is 9.01. The number of nitrogens with one attached hydrogen (secondary N) is 1. The van der Waals surface area contributed by atoms with E-state index >= 15 is 0 Å². The number of carbonyl (C=O) groups is 1. The quantitative estimate of drug-likeness (QED) is 0.471. The maximum absolute atomic E-state index is 13.5. The van der Waals surface area contributed by atoms with Crippen LogP contribution in [0.5, 0.6) is 0 Å². The maximum atomic E-state index is 13.5. The van der Waals surface area contributed by atoms with Gasteiger partial charge in [0.05, 0.1) is 23.2 Å². The minimum absolute atomic E-state index is 0.0688. The number of pyridine rings is 2. The molecule has 6 rings (SSSR count). The van der Waals surface area contributed by atoms with Crippen molar-refractivity contribution in [3.05, 3.63) is 83.8 Å². The fourth-order valence-electron chi connectivity index (χ4n) is 4.15. The Morgan fingerprint density at radius 2 is 2.09 bits per heavy atom. The molecule has 0 saturated carbocycles. The molecule has 10 nitrogen and oxygen atoms in total. The van der Waals surface area contributed by atoms with Gasteiger partial charge in [-0.1, -0.05) is 6.07 Å². The van der Waals surface area contributed by atoms with Gasteiger partial charge in [-0.25, -0.2) is 9.50 Å². The lowest BCUT2D eigenvalue weighted by molar-refractivity contribution is 0.0646. The average Bonchev–Trinajstić information content (AvgIpc) is 3.58. The van der Waals surface area contributed by atoms with Gasteiger partial charge in [-0.2, -0.15) is 5.10 Å². The summed E-state index contributed by atoms with van der Waals surface area (Å²) in [4.78, 5) is 26.9. The van der Waals surface area contributed by atoms with Crippen LogP contribution >= 0.6 is 0 Å². The van der Waals surface area contributed by atoms with Gasteiger partial charge < -0.3 is 14.3 Å². The van der Waals surface area contributed by atoms with Gasteiger partial charge in [-0.15, -0.1) is 10.2 Å². The lowest BCUT2D eigenvalue weighted by atomic mass is 9.99. The first kappa shape index (κ1) is 18.4. The summed E-state index contributed by atoms with van der Waals surface area (Å²) in [5, 5.41) is 12.8. The normalized spacial score (nSPS) is 15.8. The monoisotopic (exact) mass is 426 g/mol. The van der Waals surface area contributed by atoms with Crippen molar-refractivity contribution in [1.29, 1.82) is 0 Å². The predicted molar refractivity (Wildman–Crippen MR) is 113 cm³/mol. The lowest BCUT2D eigenvalue weighted by Gasteiger charge is -2.32. The molecular weight excluding hydrogens is 408 g/mol. The fraction of sp³-hybridized carbons (Fsp3) is 0.182. The molecule has 0 spiro atoms. The molecule has 0 bridgehead atoms. The van der Waals surface area contributed by atoms with Gasteiger partial charge in [0.2, 0.25) is 5.89 Å². The molecule has 0 radical (unpaired) electrons. The smallest absolute Gasteiger partial charge is 0.312 e. The molecule has 1 atom stereocenters. The van der Waals surface area contributed by atoms with Crippen LogP contribution in [-0.2, 0) is 6.42 Å². The van der Waals surface area contributed by atoms with Crippen molar-refractivity contribution in [2.45, 2.75) is 19.4 Å². The van der Waals surface area contributed by atoms with E-state index in [9.17, 15) is 4.79 Å². The highest BCUT2D eigenvalue weighted by atomic mass is 16.4. The van der Waals surface area contributed by atoms with Crippen LogP contribution in [0.3, 0.4) is 0 Å². The minimum Gasteiger partial charge on any atom is -0.412 e. The summed E-state index contributed by atoms with van der Waals surface area (Å²) in [6.07, 6.45) is 7.46. The van der Waals surface area contributed by atoms with Crippen LogP contribution < -0.4 is 0 Å². The summed E-state index contributed by atoms with van der Waals surface area (Å²) >= 11 is 0. The fourth-order valence-corrected chi connectivity index (χ4v) is 4.15. The highest BCUT2D eigenvalue weighted by Crippen LogP contribution is 2.34. The van der Waals surface area contributed by atoms with Crippen LogP contribution in [0.1, 0.15) is 39.4 Å². The number of fused-ring (bicyclic) bond motifs is 2. The van der Waals surface area contributed by atoms with Gasteiger partial charge in [-0.3, -0.25) is 9.78 Å². The van der Waals surface area contributed by atoms with Gasteiger partial charge in [0.15, 0.2) is 0 Å². The third kappa shape index (κ3) is 2.88. The number of aromatic nitrogens is 7. The van der Waals surface area contributed by atoms with Crippen LogP contribution in [0.15, 0.2) is 59.7 Å². The Morgan fingerprint density at radius 3 is 2.94 bits per heavy atom. The molecule has 0 fully saturated rings. The molecule has 1 N–H and O–H groups in total. The number of aromatic amines is 1. The Bertz CT molecular complexity index is 1430. The topological polar surface area (TPSA) is 118 Å². The van der Waals surface area contributed by atoms with E-state index in [2.05, 4.69) is 25.1 Å². The van der Waals surface area contributed by atoms with E-state index in [4.69, 9.17) is 9.52 Å². The molecule has 0 aliphatic carbocycles. The third-order valence-corrected chi connectivity index (χ3v) is 5.73. The van der Waals surface area contributed by atoms with Crippen LogP contribution in [0.2, 0.25) is 0 Å². The van der Waals surface area contributed by atoms with Crippen molar-refractivity contribution >= 4 is 11.4 Å². The molecule has 1 unspecified atom stereocenters. The molecule has 10 heteroatoms. The van der Waals surface area contributed by atoms with Crippen molar-refractivity contribution in [1.82, 2.24) is 39.7 Å². The number of rotatable bonds is 3. The summed E-state index contributed by atoms with van der Waals surface area (Å²) in [5.41, 5.74) is 5.29. The minimum atomic E-state index is -0.465. The number of carbonyl (C=O) groups excluding carboxylic acids is 1. The highest BCUT2D eigenvalue weighted by Gasteiger charge is 2.38. The maximum Gasteiger partial charge on any atom is 0.312 e. The second kappa shape index (κ2) is 7.12. The molecule has 5 aromatic rings. The first-order chi connectivity index (χ1) is 15.7. The summed E-state index contributed by atoms with van der Waals surface area (Å²) in [7, 11) is 0. The van der Waals surface area contributed by atoms with Crippen LogP contribution in [0.4, 0.5) is 0 Å². The number of hydrogen-bond donors (Lipinski definition) is 1. The van der Waals surface area contributed by atoms with Gasteiger partial charge in [0.25, 0.3) is 0 Å². The molecule has 6 heterocycles. The molecule has 158 valence electrons. The molecule has 5 aromatic heterocycles. The zero-order valence-electron chi connectivity index (χ0n) is 17.1. The zero-order chi connectivity index (χ0) is 21.7. The van der Waals surface area contributed by atoms with Gasteiger partial charge in [-0.05, 0) is 36.8 Å². The summed E-state index contributed by atoms with van der Waals surface area (Å²) < 4.78 is 7.54. The van der Waals surface area contributed by atoms with Crippen LogP contribution in [-0.4, -0.2) is 52.1 Å². The van der Waals surface area contributed by atoms with Gasteiger partial charge in [0, 0.05) is 42.8 Å². The standard InChI is InChI=1S/C22H18N8O2/c1-13-3-2-9-30-17(13)11-16(28-30)19-18-15(24-12-25-18)6-10-29(19)22(31)21-27-26-20(32-21)14-4-7-23-8-5-14/h2-5,7-9,11-12,19H,6,10H2,1H3,(H,24,25). The summed E-state index contributed by atoms with van der Waals surface area (Å²) in [6.45, 7) is 2.50. The lowest BCUT2D eigenvalue weighted by Crippen LogP contribution is -2.41. The van der Waals surface area contributed by atoms with E-state index in [0.29, 0.717) is 18.5 Å². The number of imidazole rings is 1. The molecule has 32 heavy (non-hydrogen) atoms. The Kier molecular flexibility index (Phi) is 4.10. The van der Waals surface area contributed by atoms with Crippen molar-refractivity contribution in [2.75, 3.05) is 6.54 Å². The van der Waals surface area contributed by atoms with E-state index in [1.807, 2.05) is 35.8 Å². The molecular formula is C22H18N8O2. The number of amides is 1.